The van der Waals surface area contributed by atoms with E-state index in [0.29, 0.717) is 5.56 Å². The average Bonchev–Trinajstić information content (AvgIpc) is 2.63. The van der Waals surface area contributed by atoms with E-state index >= 15 is 0 Å². The average molecular weight is 361 g/mol. The highest BCUT2D eigenvalue weighted by Gasteiger charge is 2.20. The summed E-state index contributed by atoms with van der Waals surface area (Å²) in [6, 6.07) is 7.44. The van der Waals surface area contributed by atoms with Crippen molar-refractivity contribution in [2.75, 3.05) is 6.61 Å². The largest absolute Gasteiger partial charge is 0.507 e. The first kappa shape index (κ1) is 19.0. The van der Waals surface area contributed by atoms with E-state index < -0.39 is 28.6 Å². The maximum Gasteiger partial charge on any atom is 0.270 e. The molecule has 0 aromatic heterocycles. The van der Waals surface area contributed by atoms with Crippen LogP contribution in [0.25, 0.3) is 0 Å². The van der Waals surface area contributed by atoms with Crippen LogP contribution in [0, 0.1) is 20.2 Å². The van der Waals surface area contributed by atoms with Gasteiger partial charge in [-0.05, 0) is 23.8 Å². The fourth-order valence-corrected chi connectivity index (χ4v) is 2.18. The second-order valence-corrected chi connectivity index (χ2v) is 5.32. The molecule has 0 amide bonds. The van der Waals surface area contributed by atoms with Gasteiger partial charge in [0, 0.05) is 36.0 Å². The molecule has 0 radical (unpaired) electrons. The number of hydrogen-bond donors (Lipinski definition) is 3. The third kappa shape index (κ3) is 4.37. The molecule has 136 valence electrons. The predicted molar refractivity (Wildman–Crippen MR) is 91.3 cm³/mol. The number of aliphatic imine (C=N–C) groups is 1. The molecule has 0 unspecified atom stereocenters. The maximum absolute atomic E-state index is 10.8. The number of aliphatic hydroxyl groups excluding tert-OH is 2. The first-order chi connectivity index (χ1) is 12.3. The number of hydrogen-bond acceptors (Lipinski definition) is 8. The fraction of sp³-hybridized carbons (Fsp3) is 0.188. The molecular formula is C16H15N3O7. The van der Waals surface area contributed by atoms with Gasteiger partial charge in [-0.1, -0.05) is 0 Å². The molecule has 3 N–H and O–H groups in total. The Morgan fingerprint density at radius 1 is 1.04 bits per heavy atom. The second kappa shape index (κ2) is 8.14. The summed E-state index contributed by atoms with van der Waals surface area (Å²) in [6.45, 7) is -0.551. The smallest absolute Gasteiger partial charge is 0.270 e. The van der Waals surface area contributed by atoms with E-state index in [1.54, 1.807) is 0 Å². The van der Waals surface area contributed by atoms with Gasteiger partial charge < -0.3 is 15.3 Å². The van der Waals surface area contributed by atoms with E-state index in [9.17, 15) is 35.5 Å². The Balaban J connectivity index is 2.22. The van der Waals surface area contributed by atoms with Crippen LogP contribution in [0.15, 0.2) is 47.5 Å². The quantitative estimate of drug-likeness (QED) is 0.384. The Kier molecular flexibility index (Phi) is 5.94. The molecule has 0 spiro atoms. The highest BCUT2D eigenvalue weighted by atomic mass is 16.6. The van der Waals surface area contributed by atoms with Crippen molar-refractivity contribution in [2.45, 2.75) is 12.1 Å². The highest BCUT2D eigenvalue weighted by molar-refractivity contribution is 5.84. The molecule has 0 bridgehead atoms. The Bertz CT molecular complexity index is 836. The highest BCUT2D eigenvalue weighted by Crippen LogP contribution is 2.24. The first-order valence-electron chi connectivity index (χ1n) is 7.37. The third-order valence-electron chi connectivity index (χ3n) is 3.62. The Morgan fingerprint density at radius 3 is 2.15 bits per heavy atom. The Labute approximate surface area is 147 Å². The number of phenolic OH excluding ortho intramolecular Hbond substituents is 1. The minimum atomic E-state index is -1.27. The van der Waals surface area contributed by atoms with Gasteiger partial charge in [-0.3, -0.25) is 25.2 Å². The monoisotopic (exact) mass is 361 g/mol. The van der Waals surface area contributed by atoms with Crippen LogP contribution in [-0.4, -0.2) is 44.0 Å². The zero-order chi connectivity index (χ0) is 19.3. The zero-order valence-corrected chi connectivity index (χ0v) is 13.3. The summed E-state index contributed by atoms with van der Waals surface area (Å²) in [4.78, 5) is 24.2. The predicted octanol–water partition coefficient (Wildman–Crippen LogP) is 1.72. The van der Waals surface area contributed by atoms with Gasteiger partial charge in [-0.25, -0.2) is 0 Å². The molecule has 0 saturated heterocycles. The van der Waals surface area contributed by atoms with Crippen molar-refractivity contribution >= 4 is 17.6 Å². The van der Waals surface area contributed by atoms with Crippen molar-refractivity contribution < 1.29 is 25.2 Å². The lowest BCUT2D eigenvalue weighted by Crippen LogP contribution is -2.21. The lowest BCUT2D eigenvalue weighted by atomic mass is 10.0. The summed E-state index contributed by atoms with van der Waals surface area (Å²) in [7, 11) is 0. The minimum Gasteiger partial charge on any atom is -0.507 e. The molecule has 2 rings (SSSR count). The maximum atomic E-state index is 10.8. The zero-order valence-electron chi connectivity index (χ0n) is 13.3. The molecule has 0 aliphatic rings. The van der Waals surface area contributed by atoms with Gasteiger partial charge in [0.1, 0.15) is 17.9 Å². The fourth-order valence-electron chi connectivity index (χ4n) is 2.18. The summed E-state index contributed by atoms with van der Waals surface area (Å²) in [5.74, 6) is -0.249. The van der Waals surface area contributed by atoms with Gasteiger partial charge in [-0.15, -0.1) is 0 Å². The van der Waals surface area contributed by atoms with Gasteiger partial charge in [0.25, 0.3) is 11.4 Å². The molecule has 2 atom stereocenters. The molecule has 0 saturated carbocycles. The standard InChI is InChI=1S/C16H15N3O7/c20-9-14(16(22)10-1-3-12(4-2-10)18(23)24)17-8-11-7-13(19(25)26)5-6-15(11)21/h1-8,14,16,20-22H,9H2/t14-,16+/m0/s1. The van der Waals surface area contributed by atoms with Crippen LogP contribution in [0.1, 0.15) is 17.2 Å². The molecule has 26 heavy (non-hydrogen) atoms. The summed E-state index contributed by atoms with van der Waals surface area (Å²) < 4.78 is 0. The summed E-state index contributed by atoms with van der Waals surface area (Å²) in [5.41, 5.74) is -0.0455. The first-order valence-corrected chi connectivity index (χ1v) is 7.37. The van der Waals surface area contributed by atoms with Crippen molar-refractivity contribution in [2.24, 2.45) is 4.99 Å². The van der Waals surface area contributed by atoms with E-state index in [0.717, 1.165) is 24.4 Å². The molecule has 0 fully saturated rings. The van der Waals surface area contributed by atoms with Crippen molar-refractivity contribution in [3.8, 4) is 5.75 Å². The number of aromatic hydroxyl groups is 1. The van der Waals surface area contributed by atoms with E-state index in [4.69, 9.17) is 0 Å². The Morgan fingerprint density at radius 2 is 1.62 bits per heavy atom. The molecular weight excluding hydrogens is 346 g/mol. The third-order valence-corrected chi connectivity index (χ3v) is 3.62. The number of non-ortho nitro benzene ring substituents is 2. The molecule has 0 aliphatic heterocycles. The molecule has 2 aromatic carbocycles. The van der Waals surface area contributed by atoms with Crippen LogP contribution in [0.2, 0.25) is 0 Å². The number of aliphatic hydroxyl groups is 2. The molecule has 10 heteroatoms. The normalized spacial score (nSPS) is 13.5. The second-order valence-electron chi connectivity index (χ2n) is 5.32. The van der Waals surface area contributed by atoms with Crippen LogP contribution in [0.5, 0.6) is 5.75 Å². The van der Waals surface area contributed by atoms with Crippen molar-refractivity contribution in [3.05, 3.63) is 73.8 Å². The van der Waals surface area contributed by atoms with Crippen LogP contribution in [0.3, 0.4) is 0 Å². The van der Waals surface area contributed by atoms with Gasteiger partial charge >= 0.3 is 0 Å². The van der Waals surface area contributed by atoms with Gasteiger partial charge in [0.15, 0.2) is 0 Å². The van der Waals surface area contributed by atoms with Crippen LogP contribution < -0.4 is 0 Å². The van der Waals surface area contributed by atoms with Crippen molar-refractivity contribution in [3.63, 3.8) is 0 Å². The number of nitro groups is 2. The Hall–Kier alpha value is -3.37. The summed E-state index contributed by atoms with van der Waals surface area (Å²) in [5, 5.41) is 50.9. The van der Waals surface area contributed by atoms with Crippen molar-refractivity contribution in [1.29, 1.82) is 0 Å². The van der Waals surface area contributed by atoms with E-state index in [1.807, 2.05) is 0 Å². The van der Waals surface area contributed by atoms with Crippen LogP contribution in [0.4, 0.5) is 11.4 Å². The van der Waals surface area contributed by atoms with E-state index in [1.165, 1.54) is 24.3 Å². The number of rotatable bonds is 7. The minimum absolute atomic E-state index is 0.0496. The molecule has 0 heterocycles. The van der Waals surface area contributed by atoms with Crippen molar-refractivity contribution in [1.82, 2.24) is 0 Å². The van der Waals surface area contributed by atoms with Gasteiger partial charge in [-0.2, -0.15) is 0 Å². The van der Waals surface area contributed by atoms with E-state index in [2.05, 4.69) is 4.99 Å². The lowest BCUT2D eigenvalue weighted by molar-refractivity contribution is -0.385. The van der Waals surface area contributed by atoms with Crippen LogP contribution in [-0.2, 0) is 0 Å². The van der Waals surface area contributed by atoms with Gasteiger partial charge in [0.2, 0.25) is 0 Å². The molecule has 10 nitrogen and oxygen atoms in total. The molecule has 0 aliphatic carbocycles. The SMILES string of the molecule is O=[N+]([O-])c1ccc([C@@H](O)[C@H](CO)N=Cc2cc([N+](=O)[O-])ccc2O)cc1. The molecule has 2 aromatic rings. The number of nitrogens with zero attached hydrogens (tertiary/aromatic N) is 3. The number of phenols is 1. The van der Waals surface area contributed by atoms with E-state index in [-0.39, 0.29) is 22.7 Å². The number of nitro benzene ring substituents is 2. The summed E-state index contributed by atoms with van der Waals surface area (Å²) in [6.07, 6.45) is -0.157. The number of benzene rings is 2. The van der Waals surface area contributed by atoms with Gasteiger partial charge in [0.05, 0.1) is 16.5 Å². The summed E-state index contributed by atoms with van der Waals surface area (Å²) >= 11 is 0. The van der Waals surface area contributed by atoms with Crippen LogP contribution >= 0.6 is 0 Å². The lowest BCUT2D eigenvalue weighted by Gasteiger charge is -2.17. The topological polar surface area (TPSA) is 159 Å².